The van der Waals surface area contributed by atoms with Gasteiger partial charge in [0.25, 0.3) is 0 Å². The first-order valence-electron chi connectivity index (χ1n) is 4.29. The summed E-state index contributed by atoms with van der Waals surface area (Å²) in [6, 6.07) is 0.580. The fourth-order valence-corrected chi connectivity index (χ4v) is 1.11. The van der Waals surface area contributed by atoms with E-state index >= 15 is 0 Å². The van der Waals surface area contributed by atoms with Crippen LogP contribution in [0.5, 0.6) is 0 Å². The van der Waals surface area contributed by atoms with Crippen LogP contribution in [0, 0.1) is 0 Å². The lowest BCUT2D eigenvalue weighted by Gasteiger charge is -1.98. The topological polar surface area (TPSA) is 29.9 Å². The summed E-state index contributed by atoms with van der Waals surface area (Å²) in [6.45, 7) is -1.90. The van der Waals surface area contributed by atoms with Crippen LogP contribution in [-0.2, 0) is 6.54 Å². The van der Waals surface area contributed by atoms with Gasteiger partial charge in [0.2, 0.25) is 0 Å². The predicted molar refractivity (Wildman–Crippen MR) is 43.3 cm³/mol. The molecule has 3 nitrogen and oxygen atoms in total. The molecule has 72 valence electrons. The molecular weight excluding hydrogens is 176 g/mol. The van der Waals surface area contributed by atoms with Crippen LogP contribution in [0.2, 0.25) is 0 Å². The summed E-state index contributed by atoms with van der Waals surface area (Å²) in [4.78, 5) is 3.86. The SMILES string of the molecule is FC(F)n1cnc(CNC2CC2)c1. The van der Waals surface area contributed by atoms with Crippen molar-refractivity contribution < 1.29 is 8.78 Å². The van der Waals surface area contributed by atoms with Crippen LogP contribution in [-0.4, -0.2) is 15.6 Å². The van der Waals surface area contributed by atoms with Crippen LogP contribution in [0.15, 0.2) is 12.5 Å². The number of imidazole rings is 1. The van der Waals surface area contributed by atoms with E-state index in [0.29, 0.717) is 18.3 Å². The molecule has 0 spiro atoms. The van der Waals surface area contributed by atoms with E-state index in [1.807, 2.05) is 0 Å². The first-order chi connectivity index (χ1) is 6.25. The predicted octanol–water partition coefficient (Wildman–Crippen LogP) is 1.53. The molecule has 0 unspecified atom stereocenters. The van der Waals surface area contributed by atoms with Crippen molar-refractivity contribution in [2.75, 3.05) is 0 Å². The molecule has 13 heavy (non-hydrogen) atoms. The molecule has 0 radical (unpaired) electrons. The second kappa shape index (κ2) is 3.41. The molecule has 0 aromatic carbocycles. The smallest absolute Gasteiger partial charge is 0.308 e. The van der Waals surface area contributed by atoms with Crippen LogP contribution in [0.4, 0.5) is 8.78 Å². The molecule has 1 fully saturated rings. The molecule has 0 atom stereocenters. The van der Waals surface area contributed by atoms with Crippen molar-refractivity contribution in [1.29, 1.82) is 0 Å². The van der Waals surface area contributed by atoms with Crippen molar-refractivity contribution in [3.63, 3.8) is 0 Å². The van der Waals surface area contributed by atoms with Crippen molar-refractivity contribution in [1.82, 2.24) is 14.9 Å². The van der Waals surface area contributed by atoms with Gasteiger partial charge >= 0.3 is 6.55 Å². The lowest BCUT2D eigenvalue weighted by molar-refractivity contribution is 0.0700. The average molecular weight is 187 g/mol. The maximum atomic E-state index is 12.1. The molecule has 1 N–H and O–H groups in total. The highest BCUT2D eigenvalue weighted by Gasteiger charge is 2.20. The number of aromatic nitrogens is 2. The summed E-state index contributed by atoms with van der Waals surface area (Å²) in [5.41, 5.74) is 0.673. The second-order valence-electron chi connectivity index (χ2n) is 3.25. The van der Waals surface area contributed by atoms with Gasteiger partial charge in [-0.15, -0.1) is 0 Å². The number of hydrogen-bond donors (Lipinski definition) is 1. The summed E-state index contributed by atoms with van der Waals surface area (Å²) in [5, 5.41) is 3.20. The number of rotatable bonds is 4. The Morgan fingerprint density at radius 1 is 1.62 bits per heavy atom. The van der Waals surface area contributed by atoms with Crippen LogP contribution < -0.4 is 5.32 Å². The van der Waals surface area contributed by atoms with Crippen LogP contribution in [0.3, 0.4) is 0 Å². The van der Waals surface area contributed by atoms with E-state index < -0.39 is 6.55 Å². The molecule has 1 aliphatic carbocycles. The van der Waals surface area contributed by atoms with Crippen molar-refractivity contribution in [2.24, 2.45) is 0 Å². The van der Waals surface area contributed by atoms with E-state index in [0.717, 1.165) is 10.9 Å². The molecule has 5 heteroatoms. The molecular formula is C8H11F2N3. The summed E-state index contributed by atoms with van der Waals surface area (Å²) >= 11 is 0. The summed E-state index contributed by atoms with van der Waals surface area (Å²) in [5.74, 6) is 0. The molecule has 1 saturated carbocycles. The minimum atomic E-state index is -2.48. The minimum absolute atomic E-state index is 0.580. The zero-order chi connectivity index (χ0) is 9.26. The lowest BCUT2D eigenvalue weighted by atomic mass is 10.4. The first kappa shape index (κ1) is 8.62. The summed E-state index contributed by atoms with van der Waals surface area (Å²) in [6.07, 6.45) is 4.92. The van der Waals surface area contributed by atoms with E-state index in [9.17, 15) is 8.78 Å². The second-order valence-corrected chi connectivity index (χ2v) is 3.25. The lowest BCUT2D eigenvalue weighted by Crippen LogP contribution is -2.15. The molecule has 0 bridgehead atoms. The van der Waals surface area contributed by atoms with E-state index in [2.05, 4.69) is 10.3 Å². The largest absolute Gasteiger partial charge is 0.319 e. The van der Waals surface area contributed by atoms with Gasteiger partial charge in [-0.3, -0.25) is 4.57 Å². The quantitative estimate of drug-likeness (QED) is 0.774. The fraction of sp³-hybridized carbons (Fsp3) is 0.625. The van der Waals surface area contributed by atoms with E-state index in [1.54, 1.807) is 0 Å². The van der Waals surface area contributed by atoms with Gasteiger partial charge in [-0.1, -0.05) is 0 Å². The first-order valence-corrected chi connectivity index (χ1v) is 4.29. The summed E-state index contributed by atoms with van der Waals surface area (Å²) in [7, 11) is 0. The zero-order valence-electron chi connectivity index (χ0n) is 7.08. The highest BCUT2D eigenvalue weighted by atomic mass is 19.3. The van der Waals surface area contributed by atoms with Gasteiger partial charge in [-0.05, 0) is 12.8 Å². The Kier molecular flexibility index (Phi) is 2.26. The van der Waals surface area contributed by atoms with Crippen LogP contribution >= 0.6 is 0 Å². The maximum Gasteiger partial charge on any atom is 0.319 e. The average Bonchev–Trinajstić information content (AvgIpc) is 2.79. The monoisotopic (exact) mass is 187 g/mol. The van der Waals surface area contributed by atoms with E-state index in [1.165, 1.54) is 19.0 Å². The number of alkyl halides is 2. The number of nitrogens with zero attached hydrogens (tertiary/aromatic N) is 2. The molecule has 1 aliphatic rings. The number of halogens is 2. The Morgan fingerprint density at radius 2 is 2.38 bits per heavy atom. The van der Waals surface area contributed by atoms with Gasteiger partial charge in [0.15, 0.2) is 0 Å². The van der Waals surface area contributed by atoms with Gasteiger partial charge in [-0.2, -0.15) is 8.78 Å². The van der Waals surface area contributed by atoms with Gasteiger partial charge < -0.3 is 5.32 Å². The third-order valence-electron chi connectivity index (χ3n) is 2.03. The molecule has 2 rings (SSSR count). The molecule has 1 aromatic heterocycles. The molecule has 1 aromatic rings. The van der Waals surface area contributed by atoms with Gasteiger partial charge in [0, 0.05) is 18.8 Å². The van der Waals surface area contributed by atoms with Crippen molar-refractivity contribution >= 4 is 0 Å². The highest BCUT2D eigenvalue weighted by Crippen LogP contribution is 2.19. The third kappa shape index (κ3) is 2.24. The maximum absolute atomic E-state index is 12.1. The normalized spacial score (nSPS) is 16.8. The Balaban J connectivity index is 1.88. The van der Waals surface area contributed by atoms with Crippen LogP contribution in [0.1, 0.15) is 25.1 Å². The van der Waals surface area contributed by atoms with E-state index in [4.69, 9.17) is 0 Å². The number of nitrogens with one attached hydrogen (secondary N) is 1. The molecule has 0 amide bonds. The highest BCUT2D eigenvalue weighted by molar-refractivity contribution is 4.97. The van der Waals surface area contributed by atoms with Gasteiger partial charge in [-0.25, -0.2) is 4.98 Å². The van der Waals surface area contributed by atoms with Gasteiger partial charge in [0.1, 0.15) is 0 Å². The van der Waals surface area contributed by atoms with Crippen molar-refractivity contribution in [2.45, 2.75) is 32.0 Å². The van der Waals surface area contributed by atoms with Crippen molar-refractivity contribution in [3.05, 3.63) is 18.2 Å². The zero-order valence-corrected chi connectivity index (χ0v) is 7.08. The Hall–Kier alpha value is -0.970. The Morgan fingerprint density at radius 3 is 2.92 bits per heavy atom. The molecule has 1 heterocycles. The minimum Gasteiger partial charge on any atom is -0.308 e. The van der Waals surface area contributed by atoms with Crippen LogP contribution in [0.25, 0.3) is 0 Å². The Labute approximate surface area is 74.8 Å². The van der Waals surface area contributed by atoms with Crippen molar-refractivity contribution in [3.8, 4) is 0 Å². The molecule has 0 saturated heterocycles. The van der Waals surface area contributed by atoms with Gasteiger partial charge in [0.05, 0.1) is 12.0 Å². The number of hydrogen-bond acceptors (Lipinski definition) is 2. The Bertz CT molecular complexity index is 281. The third-order valence-corrected chi connectivity index (χ3v) is 2.03. The fourth-order valence-electron chi connectivity index (χ4n) is 1.11. The van der Waals surface area contributed by atoms with E-state index in [-0.39, 0.29) is 0 Å². The summed E-state index contributed by atoms with van der Waals surface area (Å²) < 4.78 is 25.0. The molecule has 0 aliphatic heterocycles. The standard InChI is InChI=1S/C8H11F2N3/c9-8(10)13-4-7(12-5-13)3-11-6-1-2-6/h4-6,8,11H,1-3H2.